The minimum atomic E-state index is 0.498. The predicted molar refractivity (Wildman–Crippen MR) is 88.5 cm³/mol. The number of aromatic nitrogens is 2. The SMILES string of the molecule is Cc1nc(C2CCCCCCC2)nc(C)c1CC(C)CN. The van der Waals surface area contributed by atoms with Crippen LogP contribution < -0.4 is 5.73 Å². The molecule has 1 aromatic rings. The lowest BCUT2D eigenvalue weighted by atomic mass is 9.90. The van der Waals surface area contributed by atoms with Crippen molar-refractivity contribution >= 4 is 0 Å². The molecule has 1 heterocycles. The van der Waals surface area contributed by atoms with Gasteiger partial charge in [-0.2, -0.15) is 0 Å². The van der Waals surface area contributed by atoms with E-state index in [1.807, 2.05) is 0 Å². The number of nitrogens with zero attached hydrogens (tertiary/aromatic N) is 2. The minimum Gasteiger partial charge on any atom is -0.330 e. The molecule has 3 nitrogen and oxygen atoms in total. The second kappa shape index (κ2) is 7.88. The molecule has 0 amide bonds. The van der Waals surface area contributed by atoms with Crippen LogP contribution in [-0.4, -0.2) is 16.5 Å². The highest BCUT2D eigenvalue weighted by atomic mass is 14.9. The predicted octanol–water partition coefficient (Wildman–Crippen LogP) is 4.06. The Labute approximate surface area is 129 Å². The molecule has 3 heteroatoms. The van der Waals surface area contributed by atoms with Crippen molar-refractivity contribution in [2.45, 2.75) is 78.1 Å². The van der Waals surface area contributed by atoms with Crippen LogP contribution in [0.5, 0.6) is 0 Å². The van der Waals surface area contributed by atoms with Crippen LogP contribution in [0.2, 0.25) is 0 Å². The van der Waals surface area contributed by atoms with Gasteiger partial charge < -0.3 is 5.73 Å². The van der Waals surface area contributed by atoms with Crippen LogP contribution in [0.3, 0.4) is 0 Å². The molecule has 0 spiro atoms. The first-order valence-corrected chi connectivity index (χ1v) is 8.66. The fourth-order valence-corrected chi connectivity index (χ4v) is 3.39. The number of hydrogen-bond acceptors (Lipinski definition) is 3. The molecule has 1 fully saturated rings. The Hall–Kier alpha value is -0.960. The van der Waals surface area contributed by atoms with Gasteiger partial charge in [-0.3, -0.25) is 0 Å². The Bertz CT molecular complexity index is 425. The topological polar surface area (TPSA) is 51.8 Å². The molecule has 1 aliphatic rings. The highest BCUT2D eigenvalue weighted by Gasteiger charge is 2.19. The molecule has 1 saturated carbocycles. The summed E-state index contributed by atoms with van der Waals surface area (Å²) in [6.45, 7) is 7.20. The maximum atomic E-state index is 5.76. The van der Waals surface area contributed by atoms with E-state index in [2.05, 4.69) is 20.8 Å². The third kappa shape index (κ3) is 4.50. The molecule has 21 heavy (non-hydrogen) atoms. The number of rotatable bonds is 4. The Kier molecular flexibility index (Phi) is 6.16. The van der Waals surface area contributed by atoms with Gasteiger partial charge in [-0.25, -0.2) is 9.97 Å². The normalized spacial score (nSPS) is 19.0. The molecule has 118 valence electrons. The van der Waals surface area contributed by atoms with Crippen LogP contribution in [0.4, 0.5) is 0 Å². The molecular formula is C18H31N3. The summed E-state index contributed by atoms with van der Waals surface area (Å²) < 4.78 is 0. The smallest absolute Gasteiger partial charge is 0.131 e. The first-order chi connectivity index (χ1) is 10.1. The first kappa shape index (κ1) is 16.4. The first-order valence-electron chi connectivity index (χ1n) is 8.66. The summed E-state index contributed by atoms with van der Waals surface area (Å²) in [6, 6.07) is 0. The van der Waals surface area contributed by atoms with Gasteiger partial charge in [0.25, 0.3) is 0 Å². The maximum Gasteiger partial charge on any atom is 0.131 e. The van der Waals surface area contributed by atoms with E-state index in [4.69, 9.17) is 15.7 Å². The highest BCUT2D eigenvalue weighted by molar-refractivity contribution is 5.25. The molecule has 0 radical (unpaired) electrons. The van der Waals surface area contributed by atoms with Gasteiger partial charge in [0.05, 0.1) is 0 Å². The van der Waals surface area contributed by atoms with E-state index in [9.17, 15) is 0 Å². The summed E-state index contributed by atoms with van der Waals surface area (Å²) in [7, 11) is 0. The van der Waals surface area contributed by atoms with Crippen molar-refractivity contribution in [1.29, 1.82) is 0 Å². The van der Waals surface area contributed by atoms with Crippen molar-refractivity contribution < 1.29 is 0 Å². The molecule has 2 rings (SSSR count). The average molecular weight is 289 g/mol. The number of aryl methyl sites for hydroxylation is 2. The van der Waals surface area contributed by atoms with E-state index in [0.29, 0.717) is 11.8 Å². The second-order valence-electron chi connectivity index (χ2n) is 6.82. The Balaban J connectivity index is 2.17. The van der Waals surface area contributed by atoms with Crippen molar-refractivity contribution in [1.82, 2.24) is 9.97 Å². The minimum absolute atomic E-state index is 0.498. The zero-order chi connectivity index (χ0) is 15.2. The van der Waals surface area contributed by atoms with Crippen molar-refractivity contribution in [2.75, 3.05) is 6.54 Å². The van der Waals surface area contributed by atoms with Gasteiger partial charge >= 0.3 is 0 Å². The third-order valence-corrected chi connectivity index (χ3v) is 4.86. The van der Waals surface area contributed by atoms with Gasteiger partial charge in [0.1, 0.15) is 5.82 Å². The van der Waals surface area contributed by atoms with Crippen molar-refractivity contribution in [3.8, 4) is 0 Å². The van der Waals surface area contributed by atoms with Gasteiger partial charge in [0, 0.05) is 17.3 Å². The van der Waals surface area contributed by atoms with Crippen molar-refractivity contribution in [3.05, 3.63) is 22.8 Å². The largest absolute Gasteiger partial charge is 0.330 e. The van der Waals surface area contributed by atoms with Crippen LogP contribution in [0.25, 0.3) is 0 Å². The van der Waals surface area contributed by atoms with E-state index in [-0.39, 0.29) is 0 Å². The zero-order valence-electron chi connectivity index (χ0n) is 14.0. The molecule has 1 aliphatic carbocycles. The van der Waals surface area contributed by atoms with Crippen LogP contribution in [-0.2, 0) is 6.42 Å². The molecule has 2 N–H and O–H groups in total. The maximum absolute atomic E-state index is 5.76. The quantitative estimate of drug-likeness (QED) is 0.909. The van der Waals surface area contributed by atoms with E-state index in [0.717, 1.165) is 18.8 Å². The lowest BCUT2D eigenvalue weighted by molar-refractivity contribution is 0.440. The third-order valence-electron chi connectivity index (χ3n) is 4.86. The standard InChI is InChI=1S/C18H31N3/c1-13(12-19)11-17-14(2)20-18(21-15(17)3)16-9-7-5-4-6-8-10-16/h13,16H,4-12,19H2,1-3H3. The number of hydrogen-bond donors (Lipinski definition) is 1. The van der Waals surface area contributed by atoms with Crippen LogP contribution in [0, 0.1) is 19.8 Å². The molecule has 1 unspecified atom stereocenters. The summed E-state index contributed by atoms with van der Waals surface area (Å²) in [5.74, 6) is 2.16. The van der Waals surface area contributed by atoms with E-state index in [1.165, 1.54) is 61.9 Å². The Morgan fingerprint density at radius 2 is 1.52 bits per heavy atom. The lowest BCUT2D eigenvalue weighted by Crippen LogP contribution is -2.17. The molecular weight excluding hydrogens is 258 g/mol. The second-order valence-corrected chi connectivity index (χ2v) is 6.82. The molecule has 0 aliphatic heterocycles. The summed E-state index contributed by atoms with van der Waals surface area (Å²) in [5.41, 5.74) is 9.40. The molecule has 1 aromatic heterocycles. The summed E-state index contributed by atoms with van der Waals surface area (Å²) in [4.78, 5) is 9.73. The summed E-state index contributed by atoms with van der Waals surface area (Å²) in [5, 5.41) is 0. The lowest BCUT2D eigenvalue weighted by Gasteiger charge is -2.21. The number of nitrogens with two attached hydrogens (primary N) is 1. The van der Waals surface area contributed by atoms with E-state index in [1.54, 1.807) is 0 Å². The summed E-state index contributed by atoms with van der Waals surface area (Å²) in [6.07, 6.45) is 10.3. The van der Waals surface area contributed by atoms with Crippen LogP contribution in [0.1, 0.15) is 80.6 Å². The molecule has 0 saturated heterocycles. The Morgan fingerprint density at radius 3 is 2.05 bits per heavy atom. The van der Waals surface area contributed by atoms with Crippen molar-refractivity contribution in [2.24, 2.45) is 11.7 Å². The molecule has 0 bridgehead atoms. The Morgan fingerprint density at radius 1 is 1.00 bits per heavy atom. The van der Waals surface area contributed by atoms with Crippen LogP contribution in [0.15, 0.2) is 0 Å². The highest BCUT2D eigenvalue weighted by Crippen LogP contribution is 2.30. The monoisotopic (exact) mass is 289 g/mol. The fraction of sp³-hybridized carbons (Fsp3) is 0.778. The van der Waals surface area contributed by atoms with E-state index >= 15 is 0 Å². The van der Waals surface area contributed by atoms with Gasteiger partial charge in [-0.15, -0.1) is 0 Å². The zero-order valence-corrected chi connectivity index (χ0v) is 14.0. The van der Waals surface area contributed by atoms with Crippen LogP contribution >= 0.6 is 0 Å². The van der Waals surface area contributed by atoms with Gasteiger partial charge in [-0.05, 0) is 51.1 Å². The van der Waals surface area contributed by atoms with Gasteiger partial charge in [0.2, 0.25) is 0 Å². The van der Waals surface area contributed by atoms with E-state index < -0.39 is 0 Å². The van der Waals surface area contributed by atoms with Gasteiger partial charge in [-0.1, -0.05) is 39.0 Å². The molecule has 1 atom stereocenters. The van der Waals surface area contributed by atoms with Gasteiger partial charge in [0.15, 0.2) is 0 Å². The summed E-state index contributed by atoms with van der Waals surface area (Å²) >= 11 is 0. The van der Waals surface area contributed by atoms with Crippen molar-refractivity contribution in [3.63, 3.8) is 0 Å². The average Bonchev–Trinajstić information content (AvgIpc) is 2.42. The molecule has 0 aromatic carbocycles. The fourth-order valence-electron chi connectivity index (χ4n) is 3.39.